The van der Waals surface area contributed by atoms with Gasteiger partial charge in [-0.05, 0) is 118 Å². The van der Waals surface area contributed by atoms with Crippen molar-refractivity contribution in [3.63, 3.8) is 0 Å². The number of benzene rings is 10. The first-order valence-corrected chi connectivity index (χ1v) is 23.2. The standard InChI is InChI=1S/C66H48O2/c67-65(55-39-34-47(35-40-55)44-59(50-22-8-2-9-23-50)51-24-10-3-11-25-51)61-32-18-19-33-62(61)66(68,64-46-54(38-43-63(64)65)58-31-17-16-30-57(58)49-20-6-1-7-21-49)56-41-36-48(37-42-56)45-60(52-26-12-4-13-27-52)53-28-14-5-15-29-53/h1-46,67-68H. The normalized spacial score (nSPS) is 15.9. The molecule has 2 nitrogen and oxygen atoms in total. The molecule has 68 heavy (non-hydrogen) atoms. The van der Waals surface area contributed by atoms with Gasteiger partial charge in [0, 0.05) is 0 Å². The fourth-order valence-electron chi connectivity index (χ4n) is 10.1. The first-order valence-electron chi connectivity index (χ1n) is 23.2. The summed E-state index contributed by atoms with van der Waals surface area (Å²) < 4.78 is 0. The lowest BCUT2D eigenvalue weighted by Gasteiger charge is -2.45. The largest absolute Gasteiger partial charge is 0.376 e. The quantitative estimate of drug-likeness (QED) is 0.134. The Morgan fingerprint density at radius 2 is 0.603 bits per heavy atom. The smallest absolute Gasteiger partial charge is 0.141 e. The molecule has 2 heteroatoms. The molecule has 0 aromatic heterocycles. The molecule has 0 spiro atoms. The van der Waals surface area contributed by atoms with Crippen molar-refractivity contribution >= 4 is 23.3 Å². The van der Waals surface area contributed by atoms with Crippen LogP contribution in [0.5, 0.6) is 0 Å². The van der Waals surface area contributed by atoms with Crippen LogP contribution >= 0.6 is 0 Å². The minimum absolute atomic E-state index is 0.621. The van der Waals surface area contributed by atoms with Gasteiger partial charge in [-0.2, -0.15) is 0 Å². The van der Waals surface area contributed by atoms with Crippen LogP contribution in [0.4, 0.5) is 0 Å². The molecule has 324 valence electrons. The zero-order valence-electron chi connectivity index (χ0n) is 37.5. The van der Waals surface area contributed by atoms with E-state index < -0.39 is 11.2 Å². The minimum atomic E-state index is -1.64. The maximum absolute atomic E-state index is 13.8. The molecule has 2 N–H and O–H groups in total. The van der Waals surface area contributed by atoms with Crippen molar-refractivity contribution in [1.82, 2.24) is 0 Å². The van der Waals surface area contributed by atoms with Gasteiger partial charge < -0.3 is 10.2 Å². The van der Waals surface area contributed by atoms with Crippen molar-refractivity contribution in [3.8, 4) is 22.3 Å². The van der Waals surface area contributed by atoms with Crippen molar-refractivity contribution in [1.29, 1.82) is 0 Å². The minimum Gasteiger partial charge on any atom is -0.376 e. The van der Waals surface area contributed by atoms with Gasteiger partial charge in [0.05, 0.1) is 0 Å². The highest BCUT2D eigenvalue weighted by atomic mass is 16.3. The first-order chi connectivity index (χ1) is 33.5. The van der Waals surface area contributed by atoms with E-state index in [2.05, 4.69) is 194 Å². The molecule has 2 unspecified atom stereocenters. The van der Waals surface area contributed by atoms with E-state index in [1.54, 1.807) is 0 Å². The van der Waals surface area contributed by atoms with Gasteiger partial charge in [0.1, 0.15) is 11.2 Å². The zero-order chi connectivity index (χ0) is 45.9. The van der Waals surface area contributed by atoms with E-state index in [1.165, 1.54) is 0 Å². The van der Waals surface area contributed by atoms with Crippen LogP contribution in [-0.2, 0) is 11.2 Å². The second-order valence-corrected chi connectivity index (χ2v) is 17.5. The van der Waals surface area contributed by atoms with Crippen molar-refractivity contribution in [2.45, 2.75) is 11.2 Å². The maximum atomic E-state index is 13.8. The molecule has 1 aliphatic carbocycles. The molecule has 2 atom stereocenters. The molecule has 10 aromatic carbocycles. The highest BCUT2D eigenvalue weighted by Crippen LogP contribution is 2.54. The predicted octanol–water partition coefficient (Wildman–Crippen LogP) is 15.1. The number of hydrogen-bond acceptors (Lipinski definition) is 2. The lowest BCUT2D eigenvalue weighted by Crippen LogP contribution is -2.44. The molecule has 1 aliphatic rings. The van der Waals surface area contributed by atoms with Crippen LogP contribution in [-0.4, -0.2) is 10.2 Å². The van der Waals surface area contributed by atoms with Crippen molar-refractivity contribution in [3.05, 3.63) is 334 Å². The van der Waals surface area contributed by atoms with Crippen LogP contribution in [0.25, 0.3) is 45.6 Å². The third kappa shape index (κ3) is 7.72. The Bertz CT molecular complexity index is 3330. The third-order valence-corrected chi connectivity index (χ3v) is 13.4. The summed E-state index contributed by atoms with van der Waals surface area (Å²) >= 11 is 0. The average molecular weight is 873 g/mol. The lowest BCUT2D eigenvalue weighted by atomic mass is 9.63. The van der Waals surface area contributed by atoms with E-state index in [4.69, 9.17) is 0 Å². The van der Waals surface area contributed by atoms with E-state index in [1.807, 2.05) is 84.9 Å². The molecule has 0 radical (unpaired) electrons. The van der Waals surface area contributed by atoms with E-state index in [0.717, 1.165) is 66.8 Å². The van der Waals surface area contributed by atoms with Gasteiger partial charge in [0.2, 0.25) is 0 Å². The average Bonchev–Trinajstić information content (AvgIpc) is 3.42. The van der Waals surface area contributed by atoms with Crippen LogP contribution in [0.3, 0.4) is 0 Å². The topological polar surface area (TPSA) is 40.5 Å². The Balaban J connectivity index is 1.08. The molecule has 0 saturated heterocycles. The van der Waals surface area contributed by atoms with Gasteiger partial charge in [0.15, 0.2) is 0 Å². The summed E-state index contributed by atoms with van der Waals surface area (Å²) in [6.07, 6.45) is 4.41. The summed E-state index contributed by atoms with van der Waals surface area (Å²) in [5.74, 6) is 0. The monoisotopic (exact) mass is 872 g/mol. The lowest BCUT2D eigenvalue weighted by molar-refractivity contribution is 0.0748. The number of aliphatic hydroxyl groups is 2. The molecule has 0 heterocycles. The highest BCUT2D eigenvalue weighted by Gasteiger charge is 2.51. The van der Waals surface area contributed by atoms with E-state index >= 15 is 0 Å². The van der Waals surface area contributed by atoms with Gasteiger partial charge in [0.25, 0.3) is 0 Å². The molecule has 0 bridgehead atoms. The summed E-state index contributed by atoms with van der Waals surface area (Å²) in [5.41, 5.74) is 13.5. The zero-order valence-corrected chi connectivity index (χ0v) is 37.5. The molecule has 11 rings (SSSR count). The fourth-order valence-corrected chi connectivity index (χ4v) is 10.1. The Morgan fingerprint density at radius 1 is 0.279 bits per heavy atom. The summed E-state index contributed by atoms with van der Waals surface area (Å²) in [5, 5.41) is 27.5. The van der Waals surface area contributed by atoms with Crippen molar-refractivity contribution in [2.75, 3.05) is 0 Å². The number of hydrogen-bond donors (Lipinski definition) is 2. The van der Waals surface area contributed by atoms with Crippen LogP contribution in [0.1, 0.15) is 66.8 Å². The van der Waals surface area contributed by atoms with Gasteiger partial charge >= 0.3 is 0 Å². The SMILES string of the molecule is OC1(c2ccc(C=C(c3ccccc3)c3ccccc3)cc2)c2ccccc2C(O)(c2ccc(C=C(c3ccccc3)c3ccccc3)cc2)c2cc(-c3ccccc3-c3ccccc3)ccc21. The molecule has 0 aliphatic heterocycles. The molecule has 0 fully saturated rings. The van der Waals surface area contributed by atoms with Crippen LogP contribution in [0, 0.1) is 0 Å². The van der Waals surface area contributed by atoms with Gasteiger partial charge in [-0.1, -0.05) is 261 Å². The molecular formula is C66H48O2. The van der Waals surface area contributed by atoms with Gasteiger partial charge in [-0.3, -0.25) is 0 Å². The molecular weight excluding hydrogens is 825 g/mol. The Labute approximate surface area is 398 Å². The highest BCUT2D eigenvalue weighted by molar-refractivity contribution is 5.93. The predicted molar refractivity (Wildman–Crippen MR) is 281 cm³/mol. The molecule has 0 amide bonds. The van der Waals surface area contributed by atoms with Crippen molar-refractivity contribution in [2.24, 2.45) is 0 Å². The first kappa shape index (κ1) is 42.2. The van der Waals surface area contributed by atoms with Crippen LogP contribution < -0.4 is 0 Å². The summed E-state index contributed by atoms with van der Waals surface area (Å²) in [7, 11) is 0. The van der Waals surface area contributed by atoms with E-state index in [-0.39, 0.29) is 0 Å². The Kier molecular flexibility index (Phi) is 11.3. The van der Waals surface area contributed by atoms with Crippen LogP contribution in [0.2, 0.25) is 0 Å². The summed E-state index contributed by atoms with van der Waals surface area (Å²) in [6, 6.07) is 91.0. The summed E-state index contributed by atoms with van der Waals surface area (Å²) in [4.78, 5) is 0. The Hall–Kier alpha value is -8.40. The van der Waals surface area contributed by atoms with Gasteiger partial charge in [-0.15, -0.1) is 0 Å². The molecule has 0 saturated carbocycles. The fraction of sp³-hybridized carbons (Fsp3) is 0.0303. The van der Waals surface area contributed by atoms with Gasteiger partial charge in [-0.25, -0.2) is 0 Å². The summed E-state index contributed by atoms with van der Waals surface area (Å²) in [6.45, 7) is 0. The van der Waals surface area contributed by atoms with Crippen LogP contribution in [0.15, 0.2) is 267 Å². The van der Waals surface area contributed by atoms with Crippen molar-refractivity contribution < 1.29 is 10.2 Å². The van der Waals surface area contributed by atoms with E-state index in [9.17, 15) is 10.2 Å². The third-order valence-electron chi connectivity index (χ3n) is 13.4. The number of fused-ring (bicyclic) bond motifs is 2. The number of rotatable bonds is 10. The molecule has 10 aromatic rings. The van der Waals surface area contributed by atoms with E-state index in [0.29, 0.717) is 33.4 Å². The Morgan fingerprint density at radius 3 is 1.01 bits per heavy atom. The second-order valence-electron chi connectivity index (χ2n) is 17.5. The maximum Gasteiger partial charge on any atom is 0.141 e. The second kappa shape index (κ2) is 18.1.